The summed E-state index contributed by atoms with van der Waals surface area (Å²) in [4.78, 5) is 28.8. The van der Waals surface area contributed by atoms with Crippen LogP contribution in [-0.2, 0) is 24.1 Å². The van der Waals surface area contributed by atoms with Gasteiger partial charge in [0.15, 0.2) is 11.5 Å². The lowest BCUT2D eigenvalue weighted by Gasteiger charge is -2.41. The van der Waals surface area contributed by atoms with Gasteiger partial charge in [-0.05, 0) is 65.7 Å². The second-order valence-electron chi connectivity index (χ2n) is 10.8. The van der Waals surface area contributed by atoms with Gasteiger partial charge in [0.1, 0.15) is 12.2 Å². The van der Waals surface area contributed by atoms with Crippen molar-refractivity contribution >= 4 is 35.0 Å². The van der Waals surface area contributed by atoms with E-state index in [1.165, 1.54) is 30.2 Å². The molecule has 0 spiro atoms. The number of halogens is 5. The molecule has 1 aliphatic carbocycles. The Labute approximate surface area is 271 Å². The molecule has 1 heterocycles. The number of carbonyl (C=O) groups is 2. The van der Waals surface area contributed by atoms with Gasteiger partial charge in [0.2, 0.25) is 5.91 Å². The number of carbonyl (C=O) groups excluding carboxylic acids is 2. The van der Waals surface area contributed by atoms with E-state index < -0.39 is 47.7 Å². The molecule has 4 unspecified atom stereocenters. The SMILES string of the molecule is COc1cc(CO)cc2c1OC1C2C(C(=O)NCCO)=CC(N(Cc2ccc(Cl)c(Cl)c2)C(=O)c2ccc(C(F)(F)F)cc2)C1O. The summed E-state index contributed by atoms with van der Waals surface area (Å²) in [6.07, 6.45) is -5.80. The van der Waals surface area contributed by atoms with Crippen molar-refractivity contribution in [1.82, 2.24) is 10.2 Å². The monoisotopic (exact) mass is 680 g/mol. The maximum atomic E-state index is 14.1. The molecular weight excluding hydrogens is 652 g/mol. The van der Waals surface area contributed by atoms with Gasteiger partial charge in [-0.2, -0.15) is 13.2 Å². The van der Waals surface area contributed by atoms with Crippen LogP contribution in [0.1, 0.15) is 38.5 Å². The number of nitrogens with zero attached hydrogens (tertiary/aromatic N) is 1. The molecule has 0 saturated heterocycles. The van der Waals surface area contributed by atoms with Crippen LogP contribution in [0.2, 0.25) is 10.0 Å². The van der Waals surface area contributed by atoms with Crippen molar-refractivity contribution < 1.29 is 47.6 Å². The summed E-state index contributed by atoms with van der Waals surface area (Å²) in [6, 6.07) is 10.2. The Bertz CT molecular complexity index is 1670. The minimum Gasteiger partial charge on any atom is -0.493 e. The summed E-state index contributed by atoms with van der Waals surface area (Å²) < 4.78 is 51.5. The van der Waals surface area contributed by atoms with Gasteiger partial charge in [0.25, 0.3) is 5.91 Å². The van der Waals surface area contributed by atoms with Crippen LogP contribution < -0.4 is 14.8 Å². The first-order valence-electron chi connectivity index (χ1n) is 14.1. The summed E-state index contributed by atoms with van der Waals surface area (Å²) in [5.41, 5.74) is 0.452. The molecule has 1 aliphatic heterocycles. The Morgan fingerprint density at radius 3 is 2.35 bits per heavy atom. The number of aliphatic hydroxyl groups is 3. The summed E-state index contributed by atoms with van der Waals surface area (Å²) in [6.45, 7) is -0.986. The third kappa shape index (κ3) is 6.53. The second-order valence-corrected chi connectivity index (χ2v) is 11.6. The molecule has 0 aromatic heterocycles. The van der Waals surface area contributed by atoms with Gasteiger partial charge in [0.05, 0.1) is 47.9 Å². The quantitative estimate of drug-likeness (QED) is 0.262. The Morgan fingerprint density at radius 1 is 1.02 bits per heavy atom. The number of nitrogens with one attached hydrogen (secondary N) is 1. The zero-order valence-corrected chi connectivity index (χ0v) is 25.7. The highest BCUT2D eigenvalue weighted by molar-refractivity contribution is 6.42. The number of alkyl halides is 3. The molecule has 14 heteroatoms. The molecule has 3 aromatic carbocycles. The number of benzene rings is 3. The number of hydrogen-bond donors (Lipinski definition) is 4. The van der Waals surface area contributed by atoms with Crippen molar-refractivity contribution in [2.75, 3.05) is 20.3 Å². The average molecular weight is 681 g/mol. The van der Waals surface area contributed by atoms with Crippen LogP contribution >= 0.6 is 23.2 Å². The fraction of sp³-hybridized carbons (Fsp3) is 0.312. The van der Waals surface area contributed by atoms with Gasteiger partial charge in [-0.25, -0.2) is 0 Å². The minimum absolute atomic E-state index is 0.0913. The number of fused-ring (bicyclic) bond motifs is 3. The minimum atomic E-state index is -4.62. The molecule has 9 nitrogen and oxygen atoms in total. The normalized spacial score (nSPS) is 20.2. The lowest BCUT2D eigenvalue weighted by molar-refractivity contribution is -0.137. The summed E-state index contributed by atoms with van der Waals surface area (Å²) in [5, 5.41) is 34.1. The average Bonchev–Trinajstić information content (AvgIpc) is 3.43. The summed E-state index contributed by atoms with van der Waals surface area (Å²) >= 11 is 12.3. The van der Waals surface area contributed by atoms with Crippen LogP contribution in [0.3, 0.4) is 0 Å². The smallest absolute Gasteiger partial charge is 0.416 e. The van der Waals surface area contributed by atoms with E-state index in [-0.39, 0.29) is 59.0 Å². The Morgan fingerprint density at radius 2 is 1.74 bits per heavy atom. The third-order valence-electron chi connectivity index (χ3n) is 7.91. The van der Waals surface area contributed by atoms with E-state index in [0.29, 0.717) is 16.7 Å². The number of amides is 2. The highest BCUT2D eigenvalue weighted by Crippen LogP contribution is 2.51. The molecule has 4 N–H and O–H groups in total. The Hall–Kier alpha value is -3.81. The van der Waals surface area contributed by atoms with Crippen molar-refractivity contribution in [2.24, 2.45) is 0 Å². The lowest BCUT2D eigenvalue weighted by atomic mass is 9.77. The topological polar surface area (TPSA) is 129 Å². The van der Waals surface area contributed by atoms with E-state index >= 15 is 0 Å². The molecule has 0 fully saturated rings. The first-order valence-corrected chi connectivity index (χ1v) is 14.8. The van der Waals surface area contributed by atoms with Gasteiger partial charge in [-0.3, -0.25) is 9.59 Å². The van der Waals surface area contributed by atoms with Crippen molar-refractivity contribution in [3.05, 3.63) is 104 Å². The van der Waals surface area contributed by atoms with Crippen molar-refractivity contribution in [3.8, 4) is 11.5 Å². The molecule has 46 heavy (non-hydrogen) atoms. The molecule has 3 aromatic rings. The van der Waals surface area contributed by atoms with Crippen LogP contribution in [0, 0.1) is 0 Å². The highest BCUT2D eigenvalue weighted by atomic mass is 35.5. The fourth-order valence-electron chi connectivity index (χ4n) is 5.73. The molecule has 2 aliphatic rings. The molecule has 0 radical (unpaired) electrons. The number of methoxy groups -OCH3 is 1. The van der Waals surface area contributed by atoms with E-state index in [9.17, 15) is 38.1 Å². The zero-order chi connectivity index (χ0) is 33.3. The maximum Gasteiger partial charge on any atom is 0.416 e. The van der Waals surface area contributed by atoms with Gasteiger partial charge < -0.3 is 35.0 Å². The fourth-order valence-corrected chi connectivity index (χ4v) is 6.05. The second kappa shape index (κ2) is 13.5. The largest absolute Gasteiger partial charge is 0.493 e. The maximum absolute atomic E-state index is 14.1. The van der Waals surface area contributed by atoms with E-state index in [1.807, 2.05) is 0 Å². The standard InChI is InChI=1S/C32H29Cl2F3N2O7/c1-45-25-12-17(15-41)10-20-26-21(30(43)38-8-9-40)13-24(27(42)29(26)46-28(20)25)39(14-16-2-7-22(33)23(34)11-16)31(44)18-3-5-19(6-4-18)32(35,36)37/h2-7,10-13,24,26-27,29,40-42H,8-9,14-15H2,1H3,(H,38,43). The molecule has 244 valence electrons. The van der Waals surface area contributed by atoms with Crippen LogP contribution in [-0.4, -0.2) is 70.5 Å². The van der Waals surface area contributed by atoms with Gasteiger partial charge in [-0.15, -0.1) is 0 Å². The van der Waals surface area contributed by atoms with Crippen LogP contribution in [0.15, 0.2) is 66.2 Å². The van der Waals surface area contributed by atoms with Gasteiger partial charge in [0, 0.05) is 29.8 Å². The van der Waals surface area contributed by atoms with Crippen LogP contribution in [0.25, 0.3) is 0 Å². The first kappa shape index (κ1) is 33.6. The summed E-state index contributed by atoms with van der Waals surface area (Å²) in [5.74, 6) is -1.73. The van der Waals surface area contributed by atoms with Crippen molar-refractivity contribution in [2.45, 2.75) is 43.5 Å². The van der Waals surface area contributed by atoms with Gasteiger partial charge >= 0.3 is 6.18 Å². The Balaban J connectivity index is 1.63. The van der Waals surface area contributed by atoms with Crippen molar-refractivity contribution in [3.63, 3.8) is 0 Å². The summed E-state index contributed by atoms with van der Waals surface area (Å²) in [7, 11) is 1.40. The van der Waals surface area contributed by atoms with E-state index in [1.54, 1.807) is 18.2 Å². The number of rotatable bonds is 9. The Kier molecular flexibility index (Phi) is 9.85. The zero-order valence-electron chi connectivity index (χ0n) is 24.2. The third-order valence-corrected chi connectivity index (χ3v) is 8.65. The van der Waals surface area contributed by atoms with E-state index in [4.69, 9.17) is 32.7 Å². The molecule has 2 amide bonds. The molecule has 0 bridgehead atoms. The van der Waals surface area contributed by atoms with Crippen LogP contribution in [0.5, 0.6) is 11.5 Å². The van der Waals surface area contributed by atoms with Gasteiger partial charge in [-0.1, -0.05) is 29.3 Å². The molecule has 5 rings (SSSR count). The number of hydrogen-bond acceptors (Lipinski definition) is 7. The first-order chi connectivity index (χ1) is 21.9. The molecule has 4 atom stereocenters. The van der Waals surface area contributed by atoms with Crippen molar-refractivity contribution in [1.29, 1.82) is 0 Å². The lowest BCUT2D eigenvalue weighted by Crippen LogP contribution is -2.55. The van der Waals surface area contributed by atoms with E-state index in [0.717, 1.165) is 24.3 Å². The number of aliphatic hydroxyl groups excluding tert-OH is 3. The van der Waals surface area contributed by atoms with E-state index in [2.05, 4.69) is 5.32 Å². The highest BCUT2D eigenvalue weighted by Gasteiger charge is 2.51. The number of ether oxygens (including phenoxy) is 2. The molecular formula is C32H29Cl2F3N2O7. The predicted octanol–water partition coefficient (Wildman–Crippen LogP) is 4.48. The van der Waals surface area contributed by atoms with Crippen LogP contribution in [0.4, 0.5) is 13.2 Å². The molecule has 0 saturated carbocycles. The predicted molar refractivity (Wildman–Crippen MR) is 162 cm³/mol.